The molecule has 94 valence electrons. The van der Waals surface area contributed by atoms with Crippen molar-refractivity contribution in [3.63, 3.8) is 0 Å². The molecule has 1 aliphatic rings. The van der Waals surface area contributed by atoms with Gasteiger partial charge in [-0.3, -0.25) is 0 Å². The summed E-state index contributed by atoms with van der Waals surface area (Å²) in [5, 5.41) is 3.98. The van der Waals surface area contributed by atoms with Crippen LogP contribution >= 0.6 is 0 Å². The third kappa shape index (κ3) is 1.90. The van der Waals surface area contributed by atoms with Crippen LogP contribution in [0.15, 0.2) is 22.7 Å². The minimum Gasteiger partial charge on any atom is -0.337 e. The van der Waals surface area contributed by atoms with E-state index < -0.39 is 5.54 Å². The highest BCUT2D eigenvalue weighted by Gasteiger charge is 2.43. The highest BCUT2D eigenvalue weighted by Crippen LogP contribution is 2.43. The van der Waals surface area contributed by atoms with Crippen molar-refractivity contribution in [2.75, 3.05) is 0 Å². The molecule has 18 heavy (non-hydrogen) atoms. The Morgan fingerprint density at radius 2 is 2.11 bits per heavy atom. The quantitative estimate of drug-likeness (QED) is 0.893. The third-order valence-electron chi connectivity index (χ3n) is 3.43. The predicted molar refractivity (Wildman–Crippen MR) is 66.5 cm³/mol. The van der Waals surface area contributed by atoms with E-state index in [1.165, 1.54) is 0 Å². The lowest BCUT2D eigenvalue weighted by atomic mass is 9.97. The molecule has 3 rings (SSSR count). The van der Waals surface area contributed by atoms with Crippen LogP contribution in [0.2, 0.25) is 0 Å². The Kier molecular flexibility index (Phi) is 2.45. The Morgan fingerprint density at radius 3 is 2.78 bits per heavy atom. The summed E-state index contributed by atoms with van der Waals surface area (Å²) in [6.07, 6.45) is 2.26. The van der Waals surface area contributed by atoms with Crippen molar-refractivity contribution in [2.45, 2.75) is 32.2 Å². The Hall–Kier alpha value is -1.75. The molecule has 1 aliphatic carbocycles. The number of nitrogens with two attached hydrogens (primary N) is 1. The van der Waals surface area contributed by atoms with Gasteiger partial charge in [-0.25, -0.2) is 4.98 Å². The van der Waals surface area contributed by atoms with Crippen molar-refractivity contribution in [3.8, 4) is 11.5 Å². The molecular formula is C13H16N4O. The van der Waals surface area contributed by atoms with Crippen molar-refractivity contribution in [1.82, 2.24) is 15.1 Å². The fourth-order valence-electron chi connectivity index (χ4n) is 2.07. The lowest BCUT2D eigenvalue weighted by Crippen LogP contribution is -2.35. The SMILES string of the molecule is Cc1cccc(-c2noc(C(C)(N)C3CC3)n2)n1. The fourth-order valence-corrected chi connectivity index (χ4v) is 2.07. The van der Waals surface area contributed by atoms with Crippen LogP contribution in [-0.2, 0) is 5.54 Å². The van der Waals surface area contributed by atoms with E-state index in [0.29, 0.717) is 17.6 Å². The van der Waals surface area contributed by atoms with Gasteiger partial charge in [-0.1, -0.05) is 11.2 Å². The minimum atomic E-state index is -0.519. The molecule has 0 bridgehead atoms. The number of pyridine rings is 1. The molecule has 1 saturated carbocycles. The number of hydrogen-bond donors (Lipinski definition) is 1. The number of hydrogen-bond acceptors (Lipinski definition) is 5. The molecule has 5 nitrogen and oxygen atoms in total. The van der Waals surface area contributed by atoms with Gasteiger partial charge in [-0.15, -0.1) is 0 Å². The van der Waals surface area contributed by atoms with Gasteiger partial charge in [0.05, 0.1) is 5.54 Å². The van der Waals surface area contributed by atoms with E-state index in [-0.39, 0.29) is 0 Å². The van der Waals surface area contributed by atoms with Gasteiger partial charge in [-0.2, -0.15) is 4.98 Å². The number of aryl methyl sites for hydroxylation is 1. The zero-order valence-electron chi connectivity index (χ0n) is 10.6. The summed E-state index contributed by atoms with van der Waals surface area (Å²) in [6.45, 7) is 3.88. The molecule has 0 aromatic carbocycles. The second kappa shape index (κ2) is 3.88. The molecule has 0 aliphatic heterocycles. The first kappa shape index (κ1) is 11.3. The maximum Gasteiger partial charge on any atom is 0.247 e. The Balaban J connectivity index is 1.94. The summed E-state index contributed by atoms with van der Waals surface area (Å²) in [7, 11) is 0. The van der Waals surface area contributed by atoms with E-state index >= 15 is 0 Å². The molecule has 0 radical (unpaired) electrons. The largest absolute Gasteiger partial charge is 0.337 e. The second-order valence-electron chi connectivity index (χ2n) is 5.14. The van der Waals surface area contributed by atoms with Crippen molar-refractivity contribution in [1.29, 1.82) is 0 Å². The number of aromatic nitrogens is 3. The Bertz CT molecular complexity index is 572. The molecule has 2 aromatic rings. The van der Waals surface area contributed by atoms with Crippen LogP contribution in [0, 0.1) is 12.8 Å². The van der Waals surface area contributed by atoms with Crippen LogP contribution in [0.5, 0.6) is 0 Å². The van der Waals surface area contributed by atoms with E-state index in [0.717, 1.165) is 24.2 Å². The van der Waals surface area contributed by atoms with Gasteiger partial charge in [0.15, 0.2) is 0 Å². The lowest BCUT2D eigenvalue weighted by Gasteiger charge is -2.18. The van der Waals surface area contributed by atoms with E-state index in [2.05, 4.69) is 15.1 Å². The highest BCUT2D eigenvalue weighted by molar-refractivity contribution is 5.48. The Labute approximate surface area is 105 Å². The molecule has 1 atom stereocenters. The fraction of sp³-hybridized carbons (Fsp3) is 0.462. The maximum atomic E-state index is 6.25. The number of nitrogens with zero attached hydrogens (tertiary/aromatic N) is 3. The average molecular weight is 244 g/mol. The zero-order valence-corrected chi connectivity index (χ0v) is 10.6. The summed E-state index contributed by atoms with van der Waals surface area (Å²) < 4.78 is 5.30. The molecule has 0 saturated heterocycles. The summed E-state index contributed by atoms with van der Waals surface area (Å²) in [4.78, 5) is 8.76. The third-order valence-corrected chi connectivity index (χ3v) is 3.43. The molecule has 2 heterocycles. The van der Waals surface area contributed by atoms with Crippen LogP contribution in [0.4, 0.5) is 0 Å². The second-order valence-corrected chi connectivity index (χ2v) is 5.14. The topological polar surface area (TPSA) is 77.8 Å². The molecule has 0 amide bonds. The molecule has 2 aromatic heterocycles. The summed E-state index contributed by atoms with van der Waals surface area (Å²) in [6, 6.07) is 5.73. The van der Waals surface area contributed by atoms with E-state index in [9.17, 15) is 0 Å². The number of rotatable bonds is 3. The van der Waals surface area contributed by atoms with Gasteiger partial charge in [-0.05, 0) is 44.7 Å². The normalized spacial score (nSPS) is 18.6. The summed E-state index contributed by atoms with van der Waals surface area (Å²) in [5.74, 6) is 1.46. The van der Waals surface area contributed by atoms with Crippen molar-refractivity contribution < 1.29 is 4.52 Å². The molecule has 1 unspecified atom stereocenters. The standard InChI is InChI=1S/C13H16N4O/c1-8-4-3-5-10(15-8)11-16-12(18-17-11)13(2,14)9-6-7-9/h3-5,9H,6-7,14H2,1-2H3. The van der Waals surface area contributed by atoms with Crippen molar-refractivity contribution >= 4 is 0 Å². The molecular weight excluding hydrogens is 228 g/mol. The van der Waals surface area contributed by atoms with E-state index in [4.69, 9.17) is 10.3 Å². The highest BCUT2D eigenvalue weighted by atomic mass is 16.5. The van der Waals surface area contributed by atoms with Gasteiger partial charge < -0.3 is 10.3 Å². The van der Waals surface area contributed by atoms with Crippen LogP contribution < -0.4 is 5.73 Å². The summed E-state index contributed by atoms with van der Waals surface area (Å²) >= 11 is 0. The monoisotopic (exact) mass is 244 g/mol. The smallest absolute Gasteiger partial charge is 0.247 e. The predicted octanol–water partition coefficient (Wildman–Crippen LogP) is 2.02. The first-order valence-electron chi connectivity index (χ1n) is 6.14. The maximum absolute atomic E-state index is 6.25. The van der Waals surface area contributed by atoms with Gasteiger partial charge >= 0.3 is 0 Å². The van der Waals surface area contributed by atoms with Crippen LogP contribution in [-0.4, -0.2) is 15.1 Å². The minimum absolute atomic E-state index is 0.455. The van der Waals surface area contributed by atoms with Crippen LogP contribution in [0.1, 0.15) is 31.4 Å². The van der Waals surface area contributed by atoms with Crippen LogP contribution in [0.25, 0.3) is 11.5 Å². The molecule has 5 heteroatoms. The van der Waals surface area contributed by atoms with Crippen LogP contribution in [0.3, 0.4) is 0 Å². The lowest BCUT2D eigenvalue weighted by molar-refractivity contribution is 0.273. The Morgan fingerprint density at radius 1 is 1.33 bits per heavy atom. The zero-order chi connectivity index (χ0) is 12.8. The average Bonchev–Trinajstić information content (AvgIpc) is 3.07. The molecule has 0 spiro atoms. The van der Waals surface area contributed by atoms with Gasteiger partial charge in [0.25, 0.3) is 0 Å². The molecule has 2 N–H and O–H groups in total. The summed E-state index contributed by atoms with van der Waals surface area (Å²) in [5.41, 5.74) is 7.38. The van der Waals surface area contributed by atoms with Gasteiger partial charge in [0.1, 0.15) is 5.69 Å². The first-order chi connectivity index (χ1) is 8.57. The van der Waals surface area contributed by atoms with E-state index in [1.807, 2.05) is 32.0 Å². The van der Waals surface area contributed by atoms with E-state index in [1.54, 1.807) is 0 Å². The van der Waals surface area contributed by atoms with Gasteiger partial charge in [0, 0.05) is 5.69 Å². The van der Waals surface area contributed by atoms with Crippen molar-refractivity contribution in [2.24, 2.45) is 11.7 Å². The van der Waals surface area contributed by atoms with Crippen molar-refractivity contribution in [3.05, 3.63) is 29.8 Å². The van der Waals surface area contributed by atoms with Gasteiger partial charge in [0.2, 0.25) is 11.7 Å². The first-order valence-corrected chi connectivity index (χ1v) is 6.14. The molecule has 1 fully saturated rings.